The Morgan fingerprint density at radius 2 is 1.41 bits per heavy atom. The Morgan fingerprint density at radius 3 is 2.04 bits per heavy atom. The molecule has 2 aliphatic rings. The first-order valence-corrected chi connectivity index (χ1v) is 16.8. The topological polar surface area (TPSA) is 224 Å². The Labute approximate surface area is 272 Å². The number of unbranched alkanes of at least 4 members (excludes halogenated alkanes) is 3. The molecule has 8 N–H and O–H groups in total. The number of rotatable bonds is 21. The third kappa shape index (κ3) is 13.0. The summed E-state index contributed by atoms with van der Waals surface area (Å²) < 4.78 is 17.1. The van der Waals surface area contributed by atoms with Crippen molar-refractivity contribution in [3.63, 3.8) is 0 Å². The lowest BCUT2D eigenvalue weighted by Crippen LogP contribution is -2.55. The maximum atomic E-state index is 12.4. The predicted molar refractivity (Wildman–Crippen MR) is 166 cm³/mol. The fraction of sp³-hybridized carbons (Fsp3) is 0.906. The minimum atomic E-state index is -1.19. The van der Waals surface area contributed by atoms with E-state index in [-0.39, 0.29) is 49.3 Å². The van der Waals surface area contributed by atoms with Gasteiger partial charge in [-0.05, 0) is 58.3 Å². The van der Waals surface area contributed by atoms with Crippen molar-refractivity contribution in [1.82, 2.24) is 10.6 Å². The highest BCUT2D eigenvalue weighted by Gasteiger charge is 2.43. The van der Waals surface area contributed by atoms with Crippen LogP contribution in [-0.2, 0) is 28.6 Å². The molecule has 10 unspecified atom stereocenters. The molecule has 268 valence electrons. The number of amides is 2. The SMILES string of the molecule is CC(=O)[C@@H](CCCCNC(=O)CCCCOC1CC(CO)C(O)C(O)C1C)NC(=O)CCCCOC1OC(CO)C(O)C(O)C1C. The summed E-state index contributed by atoms with van der Waals surface area (Å²) in [7, 11) is 0. The number of carbonyl (C=O) groups excluding carboxylic acids is 3. The Balaban J connectivity index is 1.52. The quantitative estimate of drug-likeness (QED) is 0.0731. The van der Waals surface area contributed by atoms with Crippen LogP contribution in [-0.4, -0.2) is 130 Å². The van der Waals surface area contributed by atoms with Crippen LogP contribution in [0, 0.1) is 17.8 Å². The number of hydrogen-bond acceptors (Lipinski definition) is 12. The first-order valence-electron chi connectivity index (χ1n) is 16.8. The van der Waals surface area contributed by atoms with Crippen molar-refractivity contribution in [3.8, 4) is 0 Å². The van der Waals surface area contributed by atoms with Crippen LogP contribution in [0.5, 0.6) is 0 Å². The van der Waals surface area contributed by atoms with Gasteiger partial charge >= 0.3 is 0 Å². The van der Waals surface area contributed by atoms with E-state index < -0.39 is 61.3 Å². The molecular formula is C32H58N2O12. The van der Waals surface area contributed by atoms with Gasteiger partial charge in [-0.25, -0.2) is 0 Å². The average molecular weight is 663 g/mol. The molecule has 0 aromatic heterocycles. The fourth-order valence-corrected chi connectivity index (χ4v) is 5.92. The van der Waals surface area contributed by atoms with Crippen LogP contribution >= 0.6 is 0 Å². The predicted octanol–water partition coefficient (Wildman–Crippen LogP) is -0.466. The zero-order valence-electron chi connectivity index (χ0n) is 27.6. The van der Waals surface area contributed by atoms with Gasteiger partial charge in [0.1, 0.15) is 12.2 Å². The maximum absolute atomic E-state index is 12.4. The van der Waals surface area contributed by atoms with Crippen LogP contribution in [0.2, 0.25) is 0 Å². The molecule has 0 aromatic carbocycles. The average Bonchev–Trinajstić information content (AvgIpc) is 3.03. The monoisotopic (exact) mass is 662 g/mol. The van der Waals surface area contributed by atoms with Gasteiger partial charge in [-0.1, -0.05) is 13.8 Å². The van der Waals surface area contributed by atoms with Gasteiger partial charge in [-0.3, -0.25) is 14.4 Å². The molecule has 1 aliphatic carbocycles. The van der Waals surface area contributed by atoms with E-state index in [0.29, 0.717) is 70.9 Å². The summed E-state index contributed by atoms with van der Waals surface area (Å²) in [6.07, 6.45) is -0.939. The largest absolute Gasteiger partial charge is 0.396 e. The first kappa shape index (κ1) is 40.4. The standard InChI is InChI=1S/C32H58N2O12/c1-19-24(16-22(17-35)30(42)28(19)40)44-14-8-5-11-26(38)33-13-7-4-10-23(21(3)37)34-27(39)12-6-9-15-45-32-20(2)29(41)31(43)25(18-36)46-32/h19-20,22-25,28-32,35-36,40-43H,4-18H2,1-3H3,(H,33,38)(H,34,39)/t19?,20?,22?,23-,24?,25?,28?,29?,30?,31?,32?/m1/s1. The van der Waals surface area contributed by atoms with Crippen LogP contribution in [0.15, 0.2) is 0 Å². The van der Waals surface area contributed by atoms with E-state index in [9.17, 15) is 45.0 Å². The van der Waals surface area contributed by atoms with Crippen LogP contribution in [0.1, 0.15) is 85.0 Å². The number of aliphatic hydroxyl groups is 6. The second-order valence-electron chi connectivity index (χ2n) is 12.9. The van der Waals surface area contributed by atoms with E-state index in [2.05, 4.69) is 10.6 Å². The Hall–Kier alpha value is -1.75. The van der Waals surface area contributed by atoms with Gasteiger partial charge in [0.15, 0.2) is 12.1 Å². The molecule has 2 fully saturated rings. The normalized spacial score (nSPS) is 32.1. The maximum Gasteiger partial charge on any atom is 0.220 e. The molecule has 2 rings (SSSR count). The van der Waals surface area contributed by atoms with Crippen molar-refractivity contribution < 1.29 is 59.2 Å². The third-order valence-corrected chi connectivity index (χ3v) is 9.19. The molecule has 1 aliphatic heterocycles. The van der Waals surface area contributed by atoms with Crippen molar-refractivity contribution in [2.45, 2.75) is 134 Å². The van der Waals surface area contributed by atoms with Gasteiger partial charge in [-0.15, -0.1) is 0 Å². The first-order chi connectivity index (χ1) is 21.9. The molecule has 1 saturated heterocycles. The lowest BCUT2D eigenvalue weighted by Gasteiger charge is -2.40. The van der Waals surface area contributed by atoms with E-state index in [1.54, 1.807) is 6.92 Å². The second-order valence-corrected chi connectivity index (χ2v) is 12.9. The molecule has 1 heterocycles. The Morgan fingerprint density at radius 1 is 0.783 bits per heavy atom. The van der Waals surface area contributed by atoms with Crippen LogP contribution in [0.25, 0.3) is 0 Å². The molecule has 11 atom stereocenters. The van der Waals surface area contributed by atoms with E-state index in [1.807, 2.05) is 6.92 Å². The molecule has 0 radical (unpaired) electrons. The summed E-state index contributed by atoms with van der Waals surface area (Å²) in [5, 5.41) is 64.6. The molecule has 14 nitrogen and oxygen atoms in total. The van der Waals surface area contributed by atoms with Gasteiger partial charge in [0.25, 0.3) is 0 Å². The molecule has 46 heavy (non-hydrogen) atoms. The van der Waals surface area contributed by atoms with Gasteiger partial charge < -0.3 is 55.5 Å². The molecule has 1 saturated carbocycles. The van der Waals surface area contributed by atoms with E-state index in [0.717, 1.165) is 0 Å². The minimum Gasteiger partial charge on any atom is -0.396 e. The number of Topliss-reactive ketones (excluding diaryl/α,β-unsaturated/α-hetero) is 1. The van der Waals surface area contributed by atoms with E-state index in [1.165, 1.54) is 6.92 Å². The second kappa shape index (κ2) is 21.3. The van der Waals surface area contributed by atoms with Gasteiger partial charge in [-0.2, -0.15) is 0 Å². The molecule has 2 amide bonds. The summed E-state index contributed by atoms with van der Waals surface area (Å²) in [4.78, 5) is 36.7. The Bertz CT molecular complexity index is 906. The van der Waals surface area contributed by atoms with E-state index >= 15 is 0 Å². The van der Waals surface area contributed by atoms with Gasteiger partial charge in [0, 0.05) is 57.0 Å². The highest BCUT2D eigenvalue weighted by Crippen LogP contribution is 2.32. The zero-order chi connectivity index (χ0) is 34.2. The van der Waals surface area contributed by atoms with Crippen molar-refractivity contribution in [1.29, 1.82) is 0 Å². The number of carbonyl (C=O) groups is 3. The number of nitrogens with one attached hydrogen (secondary N) is 2. The van der Waals surface area contributed by atoms with Crippen LogP contribution < -0.4 is 10.6 Å². The lowest BCUT2D eigenvalue weighted by molar-refractivity contribution is -0.282. The summed E-state index contributed by atoms with van der Waals surface area (Å²) in [5.74, 6) is -1.58. The summed E-state index contributed by atoms with van der Waals surface area (Å²) >= 11 is 0. The van der Waals surface area contributed by atoms with Crippen molar-refractivity contribution >= 4 is 17.6 Å². The van der Waals surface area contributed by atoms with E-state index in [4.69, 9.17) is 14.2 Å². The number of hydrogen-bond donors (Lipinski definition) is 8. The lowest BCUT2D eigenvalue weighted by atomic mass is 9.77. The number of aliphatic hydroxyl groups excluding tert-OH is 6. The molecule has 0 bridgehead atoms. The molecular weight excluding hydrogens is 604 g/mol. The Kier molecular flexibility index (Phi) is 18.7. The minimum absolute atomic E-state index is 0.0724. The summed E-state index contributed by atoms with van der Waals surface area (Å²) in [5.41, 5.74) is 0. The smallest absolute Gasteiger partial charge is 0.220 e. The van der Waals surface area contributed by atoms with Crippen LogP contribution in [0.3, 0.4) is 0 Å². The van der Waals surface area contributed by atoms with Crippen molar-refractivity contribution in [2.24, 2.45) is 17.8 Å². The number of ether oxygens (including phenoxy) is 3. The summed E-state index contributed by atoms with van der Waals surface area (Å²) in [6.45, 7) is 5.44. The molecule has 0 spiro atoms. The highest BCUT2D eigenvalue weighted by atomic mass is 16.7. The highest BCUT2D eigenvalue weighted by molar-refractivity contribution is 5.87. The zero-order valence-corrected chi connectivity index (χ0v) is 27.6. The van der Waals surface area contributed by atoms with Gasteiger partial charge in [0.2, 0.25) is 11.8 Å². The number of ketones is 1. The van der Waals surface area contributed by atoms with Crippen molar-refractivity contribution in [3.05, 3.63) is 0 Å². The molecule has 0 aromatic rings. The van der Waals surface area contributed by atoms with Crippen LogP contribution in [0.4, 0.5) is 0 Å². The molecule has 14 heteroatoms. The van der Waals surface area contributed by atoms with Crippen molar-refractivity contribution in [2.75, 3.05) is 33.0 Å². The third-order valence-electron chi connectivity index (χ3n) is 9.19. The fourth-order valence-electron chi connectivity index (χ4n) is 5.92. The van der Waals surface area contributed by atoms with Gasteiger partial charge in [0.05, 0.1) is 37.1 Å². The summed E-state index contributed by atoms with van der Waals surface area (Å²) in [6, 6.07) is -0.594.